The lowest BCUT2D eigenvalue weighted by atomic mass is 10.1. The molecule has 0 radical (unpaired) electrons. The van der Waals surface area contributed by atoms with Gasteiger partial charge >= 0.3 is 0 Å². The fourth-order valence-electron chi connectivity index (χ4n) is 2.39. The molecule has 0 unspecified atom stereocenters. The second kappa shape index (κ2) is 7.64. The Kier molecular flexibility index (Phi) is 5.12. The van der Waals surface area contributed by atoms with E-state index in [-0.39, 0.29) is 18.2 Å². The molecule has 0 spiro atoms. The topological polar surface area (TPSA) is 110 Å². The number of furan rings is 1. The van der Waals surface area contributed by atoms with E-state index in [0.29, 0.717) is 35.3 Å². The van der Waals surface area contributed by atoms with E-state index >= 15 is 0 Å². The molecule has 2 N–H and O–H groups in total. The molecule has 0 bridgehead atoms. The van der Waals surface area contributed by atoms with Crippen LogP contribution in [0.4, 0.5) is 11.4 Å². The first-order valence-electron chi connectivity index (χ1n) is 8.06. The van der Waals surface area contributed by atoms with Crippen LogP contribution in [0.1, 0.15) is 24.8 Å². The van der Waals surface area contributed by atoms with E-state index in [9.17, 15) is 9.59 Å². The zero-order valence-corrected chi connectivity index (χ0v) is 14.4. The maximum Gasteiger partial charge on any atom is 0.238 e. The molecule has 2 amide bonds. The number of hydrogen-bond acceptors (Lipinski definition) is 6. The summed E-state index contributed by atoms with van der Waals surface area (Å²) in [5, 5.41) is 9.38. The van der Waals surface area contributed by atoms with E-state index in [4.69, 9.17) is 8.94 Å². The van der Waals surface area contributed by atoms with Gasteiger partial charge in [-0.05, 0) is 36.8 Å². The van der Waals surface area contributed by atoms with Crippen molar-refractivity contribution in [3.63, 3.8) is 0 Å². The molecule has 0 atom stereocenters. The summed E-state index contributed by atoms with van der Waals surface area (Å²) < 4.78 is 10.3. The first-order chi connectivity index (χ1) is 12.5. The smallest absolute Gasteiger partial charge is 0.238 e. The second-order valence-corrected chi connectivity index (χ2v) is 5.70. The molecular formula is C18H18N4O4. The lowest BCUT2D eigenvalue weighted by molar-refractivity contribution is -0.116. The summed E-state index contributed by atoms with van der Waals surface area (Å²) >= 11 is 0. The van der Waals surface area contributed by atoms with Crippen LogP contribution in [0.3, 0.4) is 0 Å². The molecule has 2 aromatic heterocycles. The van der Waals surface area contributed by atoms with Crippen molar-refractivity contribution in [3.05, 3.63) is 48.0 Å². The quantitative estimate of drug-likeness (QED) is 0.703. The van der Waals surface area contributed by atoms with Crippen molar-refractivity contribution in [1.29, 1.82) is 0 Å². The van der Waals surface area contributed by atoms with Crippen LogP contribution in [0.5, 0.6) is 0 Å². The van der Waals surface area contributed by atoms with Crippen molar-refractivity contribution in [3.8, 4) is 11.6 Å². The van der Waals surface area contributed by atoms with Gasteiger partial charge in [-0.1, -0.05) is 11.2 Å². The molecule has 8 heteroatoms. The Balaban J connectivity index is 1.59. The average molecular weight is 354 g/mol. The normalized spacial score (nSPS) is 10.5. The summed E-state index contributed by atoms with van der Waals surface area (Å²) in [7, 11) is 0. The number of benzene rings is 1. The first-order valence-corrected chi connectivity index (χ1v) is 8.06. The number of aromatic nitrogens is 2. The maximum absolute atomic E-state index is 12.2. The summed E-state index contributed by atoms with van der Waals surface area (Å²) in [5.74, 6) is 0.862. The highest BCUT2D eigenvalue weighted by Crippen LogP contribution is 2.23. The van der Waals surface area contributed by atoms with Gasteiger partial charge in [0.15, 0.2) is 5.76 Å². The monoisotopic (exact) mass is 354 g/mol. The molecule has 0 saturated heterocycles. The van der Waals surface area contributed by atoms with Crippen LogP contribution in [0.15, 0.2) is 45.5 Å². The van der Waals surface area contributed by atoms with Crippen molar-refractivity contribution < 1.29 is 18.5 Å². The molecule has 0 aliphatic heterocycles. The minimum absolute atomic E-state index is 0.166. The standard InChI is InChI=1S/C18H18N4O4/c1-11-13(19-12(2)23)5-3-6-14(11)20-16(24)8-9-17-21-18(22-26-17)15-7-4-10-25-15/h3-7,10H,8-9H2,1-2H3,(H,19,23)(H,20,24). The average Bonchev–Trinajstić information content (AvgIpc) is 3.27. The van der Waals surface area contributed by atoms with Gasteiger partial charge in [0.25, 0.3) is 0 Å². The summed E-state index contributed by atoms with van der Waals surface area (Å²) in [6, 6.07) is 8.78. The van der Waals surface area contributed by atoms with Crippen LogP contribution < -0.4 is 10.6 Å². The number of anilines is 2. The van der Waals surface area contributed by atoms with Gasteiger partial charge in [-0.15, -0.1) is 0 Å². The molecule has 3 aromatic rings. The Hall–Kier alpha value is -3.42. The Morgan fingerprint density at radius 1 is 1.12 bits per heavy atom. The molecule has 1 aromatic carbocycles. The zero-order valence-electron chi connectivity index (χ0n) is 14.4. The largest absolute Gasteiger partial charge is 0.461 e. The first kappa shape index (κ1) is 17.4. The number of carbonyl (C=O) groups is 2. The minimum atomic E-state index is -0.189. The Morgan fingerprint density at radius 2 is 1.88 bits per heavy atom. The van der Waals surface area contributed by atoms with Gasteiger partial charge in [-0.2, -0.15) is 4.98 Å². The minimum Gasteiger partial charge on any atom is -0.461 e. The van der Waals surface area contributed by atoms with Crippen molar-refractivity contribution >= 4 is 23.2 Å². The van der Waals surface area contributed by atoms with E-state index in [1.165, 1.54) is 13.2 Å². The predicted octanol–water partition coefficient (Wildman–Crippen LogP) is 3.17. The van der Waals surface area contributed by atoms with Gasteiger partial charge in [-0.25, -0.2) is 0 Å². The van der Waals surface area contributed by atoms with Gasteiger partial charge in [0.2, 0.25) is 23.5 Å². The van der Waals surface area contributed by atoms with Crippen LogP contribution >= 0.6 is 0 Å². The highest BCUT2D eigenvalue weighted by molar-refractivity contribution is 5.95. The molecule has 8 nitrogen and oxygen atoms in total. The Morgan fingerprint density at radius 3 is 2.58 bits per heavy atom. The number of nitrogens with zero attached hydrogens (tertiary/aromatic N) is 2. The van der Waals surface area contributed by atoms with Crippen LogP contribution in [0.25, 0.3) is 11.6 Å². The number of aryl methyl sites for hydroxylation is 1. The lowest BCUT2D eigenvalue weighted by Crippen LogP contribution is -2.14. The number of rotatable bonds is 6. The summed E-state index contributed by atoms with van der Waals surface area (Å²) in [5.41, 5.74) is 2.09. The van der Waals surface area contributed by atoms with Crippen molar-refractivity contribution in [2.45, 2.75) is 26.7 Å². The number of amides is 2. The van der Waals surface area contributed by atoms with E-state index < -0.39 is 0 Å². The molecule has 0 saturated carbocycles. The molecule has 2 heterocycles. The van der Waals surface area contributed by atoms with Gasteiger partial charge in [0.05, 0.1) is 6.26 Å². The highest BCUT2D eigenvalue weighted by atomic mass is 16.5. The third-order valence-electron chi connectivity index (χ3n) is 3.69. The molecule has 26 heavy (non-hydrogen) atoms. The van der Waals surface area contributed by atoms with Gasteiger partial charge in [0, 0.05) is 31.1 Å². The molecule has 134 valence electrons. The number of hydrogen-bond donors (Lipinski definition) is 2. The van der Waals surface area contributed by atoms with Crippen LogP contribution in [-0.4, -0.2) is 22.0 Å². The van der Waals surface area contributed by atoms with Crippen molar-refractivity contribution in [1.82, 2.24) is 10.1 Å². The zero-order chi connectivity index (χ0) is 18.5. The SMILES string of the molecule is CC(=O)Nc1cccc(NC(=O)CCc2nc(-c3ccco3)no2)c1C. The maximum atomic E-state index is 12.2. The summed E-state index contributed by atoms with van der Waals surface area (Å²) in [6.07, 6.45) is 2.02. The molecular weight excluding hydrogens is 336 g/mol. The van der Waals surface area contributed by atoms with Crippen LogP contribution in [0.2, 0.25) is 0 Å². The molecule has 0 aliphatic carbocycles. The third-order valence-corrected chi connectivity index (χ3v) is 3.69. The van der Waals surface area contributed by atoms with E-state index in [1.54, 1.807) is 30.3 Å². The van der Waals surface area contributed by atoms with Crippen LogP contribution in [0, 0.1) is 6.92 Å². The number of carbonyl (C=O) groups excluding carboxylic acids is 2. The third kappa shape index (κ3) is 4.15. The van der Waals surface area contributed by atoms with Gasteiger partial charge in [-0.3, -0.25) is 9.59 Å². The summed E-state index contributed by atoms with van der Waals surface area (Å²) in [4.78, 5) is 27.6. The van der Waals surface area contributed by atoms with Crippen molar-refractivity contribution in [2.75, 3.05) is 10.6 Å². The molecule has 0 fully saturated rings. The van der Waals surface area contributed by atoms with E-state index in [2.05, 4.69) is 20.8 Å². The van der Waals surface area contributed by atoms with Crippen molar-refractivity contribution in [2.24, 2.45) is 0 Å². The second-order valence-electron chi connectivity index (χ2n) is 5.70. The van der Waals surface area contributed by atoms with E-state index in [0.717, 1.165) is 5.56 Å². The summed E-state index contributed by atoms with van der Waals surface area (Å²) in [6.45, 7) is 3.26. The predicted molar refractivity (Wildman–Crippen MR) is 94.4 cm³/mol. The fourth-order valence-corrected chi connectivity index (χ4v) is 2.39. The highest BCUT2D eigenvalue weighted by Gasteiger charge is 2.13. The van der Waals surface area contributed by atoms with Gasteiger partial charge in [0.1, 0.15) is 0 Å². The van der Waals surface area contributed by atoms with E-state index in [1.807, 2.05) is 6.92 Å². The Bertz CT molecular complexity index is 915. The molecule has 3 rings (SSSR count). The lowest BCUT2D eigenvalue weighted by Gasteiger charge is -2.12. The van der Waals surface area contributed by atoms with Gasteiger partial charge < -0.3 is 19.6 Å². The number of nitrogens with one attached hydrogen (secondary N) is 2. The molecule has 0 aliphatic rings. The fraction of sp³-hybridized carbons (Fsp3) is 0.222. The van der Waals surface area contributed by atoms with Crippen LogP contribution in [-0.2, 0) is 16.0 Å². The Labute approximate surface area is 149 Å².